The van der Waals surface area contributed by atoms with E-state index in [0.717, 1.165) is 18.7 Å². The molecule has 0 saturated carbocycles. The fourth-order valence-corrected chi connectivity index (χ4v) is 2.12. The lowest BCUT2D eigenvalue weighted by atomic mass is 10.1. The maximum atomic E-state index is 4.25. The molecule has 0 amide bonds. The van der Waals surface area contributed by atoms with E-state index in [1.165, 1.54) is 5.56 Å². The van der Waals surface area contributed by atoms with E-state index in [1.54, 1.807) is 17.5 Å². The molecule has 0 aliphatic carbocycles. The first kappa shape index (κ1) is 11.2. The molecule has 0 aliphatic rings. The molecule has 2 aromatic rings. The number of hydrogen-bond acceptors (Lipinski definition) is 4. The Morgan fingerprint density at radius 2 is 2.44 bits per heavy atom. The molecule has 1 N–H and O–H groups in total. The highest BCUT2D eigenvalue weighted by molar-refractivity contribution is 7.07. The molecule has 0 saturated heterocycles. The van der Waals surface area contributed by atoms with Crippen LogP contribution in [0.15, 0.2) is 35.4 Å². The second-order valence-corrected chi connectivity index (χ2v) is 4.41. The SMILES string of the molecule is CC(NCCc1cscn1)c1cccnc1. The average Bonchev–Trinajstić information content (AvgIpc) is 2.83. The molecule has 2 heterocycles. The number of nitrogens with zero attached hydrogens (tertiary/aromatic N) is 2. The smallest absolute Gasteiger partial charge is 0.0794 e. The van der Waals surface area contributed by atoms with Crippen molar-refractivity contribution < 1.29 is 0 Å². The molecule has 2 aromatic heterocycles. The van der Waals surface area contributed by atoms with Gasteiger partial charge in [0.05, 0.1) is 11.2 Å². The van der Waals surface area contributed by atoms with Gasteiger partial charge in [-0.05, 0) is 18.6 Å². The molecule has 0 radical (unpaired) electrons. The van der Waals surface area contributed by atoms with E-state index in [1.807, 2.05) is 17.8 Å². The Balaban J connectivity index is 1.78. The molecule has 84 valence electrons. The Bertz CT molecular complexity index is 399. The molecule has 0 spiro atoms. The minimum atomic E-state index is 0.340. The van der Waals surface area contributed by atoms with Crippen LogP contribution in [0.4, 0.5) is 0 Å². The van der Waals surface area contributed by atoms with Gasteiger partial charge in [-0.1, -0.05) is 6.07 Å². The zero-order valence-electron chi connectivity index (χ0n) is 9.26. The lowest BCUT2D eigenvalue weighted by molar-refractivity contribution is 0.573. The predicted octanol–water partition coefficient (Wildman–Crippen LogP) is 2.43. The van der Waals surface area contributed by atoms with Crippen LogP contribution in [0, 0.1) is 0 Å². The van der Waals surface area contributed by atoms with E-state index in [2.05, 4.69) is 33.7 Å². The lowest BCUT2D eigenvalue weighted by Gasteiger charge is -2.12. The highest BCUT2D eigenvalue weighted by Crippen LogP contribution is 2.09. The van der Waals surface area contributed by atoms with Crippen molar-refractivity contribution in [3.05, 3.63) is 46.7 Å². The highest BCUT2D eigenvalue weighted by Gasteiger charge is 2.04. The van der Waals surface area contributed by atoms with E-state index in [-0.39, 0.29) is 0 Å². The van der Waals surface area contributed by atoms with Crippen molar-refractivity contribution in [3.8, 4) is 0 Å². The zero-order valence-corrected chi connectivity index (χ0v) is 10.1. The Labute approximate surface area is 99.6 Å². The fourth-order valence-electron chi connectivity index (χ4n) is 1.53. The summed E-state index contributed by atoms with van der Waals surface area (Å²) in [5.74, 6) is 0. The summed E-state index contributed by atoms with van der Waals surface area (Å²) < 4.78 is 0. The Kier molecular flexibility index (Phi) is 4.02. The first-order valence-corrected chi connectivity index (χ1v) is 6.31. The molecule has 2 rings (SSSR count). The summed E-state index contributed by atoms with van der Waals surface area (Å²) in [6.45, 7) is 3.10. The van der Waals surface area contributed by atoms with Gasteiger partial charge in [-0.3, -0.25) is 4.98 Å². The molecule has 0 aromatic carbocycles. The Morgan fingerprint density at radius 3 is 3.12 bits per heavy atom. The van der Waals surface area contributed by atoms with Gasteiger partial charge < -0.3 is 5.32 Å². The molecule has 4 heteroatoms. The molecule has 0 fully saturated rings. The summed E-state index contributed by atoms with van der Waals surface area (Å²) >= 11 is 1.65. The maximum absolute atomic E-state index is 4.25. The molecule has 0 aliphatic heterocycles. The summed E-state index contributed by atoms with van der Waals surface area (Å²) in [6, 6.07) is 4.40. The van der Waals surface area contributed by atoms with E-state index in [4.69, 9.17) is 0 Å². The van der Waals surface area contributed by atoms with Crippen molar-refractivity contribution in [2.45, 2.75) is 19.4 Å². The van der Waals surface area contributed by atoms with Crippen molar-refractivity contribution >= 4 is 11.3 Å². The van der Waals surface area contributed by atoms with Gasteiger partial charge in [-0.15, -0.1) is 11.3 Å². The van der Waals surface area contributed by atoms with Gasteiger partial charge in [0.25, 0.3) is 0 Å². The van der Waals surface area contributed by atoms with Crippen LogP contribution in [-0.2, 0) is 6.42 Å². The van der Waals surface area contributed by atoms with Gasteiger partial charge in [0.2, 0.25) is 0 Å². The van der Waals surface area contributed by atoms with Gasteiger partial charge in [0.1, 0.15) is 0 Å². The van der Waals surface area contributed by atoms with Crippen molar-refractivity contribution in [2.24, 2.45) is 0 Å². The maximum Gasteiger partial charge on any atom is 0.0794 e. The summed E-state index contributed by atoms with van der Waals surface area (Å²) in [5.41, 5.74) is 4.26. The summed E-state index contributed by atoms with van der Waals surface area (Å²) in [7, 11) is 0. The van der Waals surface area contributed by atoms with Gasteiger partial charge in [0.15, 0.2) is 0 Å². The first-order chi connectivity index (χ1) is 7.86. The van der Waals surface area contributed by atoms with E-state index in [0.29, 0.717) is 6.04 Å². The van der Waals surface area contributed by atoms with Crippen LogP contribution >= 0.6 is 11.3 Å². The number of rotatable bonds is 5. The monoisotopic (exact) mass is 233 g/mol. The summed E-state index contributed by atoms with van der Waals surface area (Å²) in [4.78, 5) is 8.37. The van der Waals surface area contributed by atoms with E-state index >= 15 is 0 Å². The first-order valence-electron chi connectivity index (χ1n) is 5.36. The number of pyridine rings is 1. The normalized spacial score (nSPS) is 12.6. The molecular weight excluding hydrogens is 218 g/mol. The van der Waals surface area contributed by atoms with Crippen LogP contribution in [0.25, 0.3) is 0 Å². The molecule has 0 bridgehead atoms. The van der Waals surface area contributed by atoms with Gasteiger partial charge >= 0.3 is 0 Å². The molecule has 1 unspecified atom stereocenters. The second kappa shape index (κ2) is 5.72. The number of hydrogen-bond donors (Lipinski definition) is 1. The van der Waals surface area contributed by atoms with Gasteiger partial charge in [0, 0.05) is 36.8 Å². The minimum absolute atomic E-state index is 0.340. The van der Waals surface area contributed by atoms with Gasteiger partial charge in [-0.25, -0.2) is 4.98 Å². The van der Waals surface area contributed by atoms with E-state index < -0.39 is 0 Å². The topological polar surface area (TPSA) is 37.8 Å². The van der Waals surface area contributed by atoms with Gasteiger partial charge in [-0.2, -0.15) is 0 Å². The standard InChI is InChI=1S/C12H15N3S/c1-10(11-3-2-5-13-7-11)14-6-4-12-8-16-9-15-12/h2-3,5,7-10,14H,4,6H2,1H3. The van der Waals surface area contributed by atoms with Crippen LogP contribution in [0.5, 0.6) is 0 Å². The molecule has 1 atom stereocenters. The van der Waals surface area contributed by atoms with Crippen molar-refractivity contribution in [1.82, 2.24) is 15.3 Å². The van der Waals surface area contributed by atoms with Crippen LogP contribution in [0.2, 0.25) is 0 Å². The predicted molar refractivity (Wildman–Crippen MR) is 66.5 cm³/mol. The summed E-state index contributed by atoms with van der Waals surface area (Å²) in [5, 5.41) is 5.56. The minimum Gasteiger partial charge on any atom is -0.310 e. The third kappa shape index (κ3) is 3.12. The Hall–Kier alpha value is -1.26. The van der Waals surface area contributed by atoms with Crippen LogP contribution in [0.1, 0.15) is 24.2 Å². The molecule has 16 heavy (non-hydrogen) atoms. The molecule has 3 nitrogen and oxygen atoms in total. The lowest BCUT2D eigenvalue weighted by Crippen LogP contribution is -2.21. The van der Waals surface area contributed by atoms with Crippen LogP contribution < -0.4 is 5.32 Å². The van der Waals surface area contributed by atoms with Crippen LogP contribution in [0.3, 0.4) is 0 Å². The average molecular weight is 233 g/mol. The van der Waals surface area contributed by atoms with Crippen molar-refractivity contribution in [2.75, 3.05) is 6.54 Å². The van der Waals surface area contributed by atoms with Crippen molar-refractivity contribution in [1.29, 1.82) is 0 Å². The second-order valence-electron chi connectivity index (χ2n) is 3.69. The van der Waals surface area contributed by atoms with Crippen molar-refractivity contribution in [3.63, 3.8) is 0 Å². The quantitative estimate of drug-likeness (QED) is 0.862. The highest BCUT2D eigenvalue weighted by atomic mass is 32.1. The van der Waals surface area contributed by atoms with E-state index in [9.17, 15) is 0 Å². The zero-order chi connectivity index (χ0) is 11.2. The number of nitrogens with one attached hydrogen (secondary N) is 1. The largest absolute Gasteiger partial charge is 0.310 e. The summed E-state index contributed by atoms with van der Waals surface area (Å²) in [6.07, 6.45) is 4.68. The third-order valence-corrected chi connectivity index (χ3v) is 3.13. The fraction of sp³-hybridized carbons (Fsp3) is 0.333. The molecular formula is C12H15N3S. The third-order valence-electron chi connectivity index (χ3n) is 2.50. The Morgan fingerprint density at radius 1 is 1.50 bits per heavy atom. The number of thiazole rings is 1. The van der Waals surface area contributed by atoms with Crippen LogP contribution in [-0.4, -0.2) is 16.5 Å². The number of aromatic nitrogens is 2.